The summed E-state index contributed by atoms with van der Waals surface area (Å²) in [6.07, 6.45) is 2.07. The molecule has 0 bridgehead atoms. The van der Waals surface area contributed by atoms with Crippen molar-refractivity contribution in [3.05, 3.63) is 58.1 Å². The monoisotopic (exact) mass is 385 g/mol. The molecule has 0 aliphatic carbocycles. The van der Waals surface area contributed by atoms with Gasteiger partial charge in [-0.1, -0.05) is 13.0 Å². The van der Waals surface area contributed by atoms with Gasteiger partial charge in [0.1, 0.15) is 18.8 Å². The third kappa shape index (κ3) is 5.20. The molecule has 8 nitrogen and oxygen atoms in total. The molecule has 1 N–H and O–H groups in total. The Hall–Kier alpha value is -3.07. The molecule has 3 aromatic heterocycles. The van der Waals surface area contributed by atoms with Crippen LogP contribution in [0, 0.1) is 0 Å². The quantitative estimate of drug-likeness (QED) is 0.590. The number of amides is 1. The van der Waals surface area contributed by atoms with E-state index in [0.717, 1.165) is 10.6 Å². The molecule has 0 aliphatic heterocycles. The topological polar surface area (TPSA) is 99.0 Å². The molecule has 9 heteroatoms. The van der Waals surface area contributed by atoms with Crippen molar-refractivity contribution in [2.24, 2.45) is 0 Å². The standard InChI is InChI=1S/C18H19N5O3S/c1-2-13-10-18(25)23(12-20-13)11-16(24)19-7-8-26-17-6-5-14(21-22-17)15-4-3-9-27-15/h3-6,9-10,12H,2,7-8,11H2,1H3,(H,19,24). The maximum Gasteiger partial charge on any atom is 0.253 e. The molecule has 0 spiro atoms. The Bertz CT molecular complexity index is 938. The van der Waals surface area contributed by atoms with Gasteiger partial charge in [0, 0.05) is 17.8 Å². The third-order valence-corrected chi connectivity index (χ3v) is 4.59. The van der Waals surface area contributed by atoms with Crippen LogP contribution < -0.4 is 15.6 Å². The Morgan fingerprint density at radius 1 is 1.30 bits per heavy atom. The van der Waals surface area contributed by atoms with Gasteiger partial charge >= 0.3 is 0 Å². The highest BCUT2D eigenvalue weighted by atomic mass is 32.1. The summed E-state index contributed by atoms with van der Waals surface area (Å²) in [6.45, 7) is 2.38. The summed E-state index contributed by atoms with van der Waals surface area (Å²) in [7, 11) is 0. The zero-order valence-electron chi connectivity index (χ0n) is 14.8. The maximum absolute atomic E-state index is 11.9. The van der Waals surface area contributed by atoms with Crippen LogP contribution in [0.1, 0.15) is 12.6 Å². The molecule has 3 aromatic rings. The van der Waals surface area contributed by atoms with Gasteiger partial charge in [-0.25, -0.2) is 4.98 Å². The number of hydrogen-bond donors (Lipinski definition) is 1. The van der Waals surface area contributed by atoms with Crippen LogP contribution in [0.5, 0.6) is 5.88 Å². The summed E-state index contributed by atoms with van der Waals surface area (Å²) in [5.74, 6) is 0.103. The molecule has 1 amide bonds. The predicted molar refractivity (Wildman–Crippen MR) is 102 cm³/mol. The van der Waals surface area contributed by atoms with Gasteiger partial charge in [0.25, 0.3) is 5.56 Å². The number of rotatable bonds is 8. The highest BCUT2D eigenvalue weighted by molar-refractivity contribution is 7.13. The number of nitrogens with one attached hydrogen (secondary N) is 1. The van der Waals surface area contributed by atoms with Gasteiger partial charge in [-0.2, -0.15) is 0 Å². The van der Waals surface area contributed by atoms with Crippen molar-refractivity contribution >= 4 is 17.2 Å². The first kappa shape index (κ1) is 18.7. The maximum atomic E-state index is 11.9. The van der Waals surface area contributed by atoms with E-state index >= 15 is 0 Å². The van der Waals surface area contributed by atoms with Gasteiger partial charge in [-0.15, -0.1) is 21.5 Å². The van der Waals surface area contributed by atoms with Crippen LogP contribution in [-0.2, 0) is 17.8 Å². The lowest BCUT2D eigenvalue weighted by Gasteiger charge is -2.08. The van der Waals surface area contributed by atoms with E-state index in [9.17, 15) is 9.59 Å². The van der Waals surface area contributed by atoms with E-state index in [-0.39, 0.29) is 24.6 Å². The second-order valence-electron chi connectivity index (χ2n) is 5.63. The normalized spacial score (nSPS) is 10.6. The van der Waals surface area contributed by atoms with Crippen molar-refractivity contribution < 1.29 is 9.53 Å². The van der Waals surface area contributed by atoms with E-state index in [1.807, 2.05) is 30.5 Å². The summed E-state index contributed by atoms with van der Waals surface area (Å²) < 4.78 is 6.74. The SMILES string of the molecule is CCc1cc(=O)n(CC(=O)NCCOc2ccc(-c3cccs3)nn2)cn1. The Morgan fingerprint density at radius 3 is 2.85 bits per heavy atom. The average Bonchev–Trinajstić information content (AvgIpc) is 3.22. The largest absolute Gasteiger partial charge is 0.475 e. The molecule has 0 aromatic carbocycles. The number of carbonyl (C=O) groups excluding carboxylic acids is 1. The second-order valence-corrected chi connectivity index (χ2v) is 6.58. The number of aryl methyl sites for hydroxylation is 1. The molecular weight excluding hydrogens is 366 g/mol. The molecule has 0 saturated carbocycles. The third-order valence-electron chi connectivity index (χ3n) is 3.70. The second kappa shape index (κ2) is 9.04. The molecule has 0 unspecified atom stereocenters. The van der Waals surface area contributed by atoms with Gasteiger partial charge < -0.3 is 10.1 Å². The van der Waals surface area contributed by atoms with E-state index in [1.165, 1.54) is 17.0 Å². The molecule has 0 aliphatic rings. The minimum Gasteiger partial charge on any atom is -0.475 e. The molecule has 0 radical (unpaired) electrons. The number of thiophene rings is 1. The van der Waals surface area contributed by atoms with E-state index in [4.69, 9.17) is 4.74 Å². The first-order valence-electron chi connectivity index (χ1n) is 8.48. The van der Waals surface area contributed by atoms with Crippen LogP contribution in [0.3, 0.4) is 0 Å². The van der Waals surface area contributed by atoms with E-state index < -0.39 is 0 Å². The van der Waals surface area contributed by atoms with Gasteiger partial charge in [0.2, 0.25) is 11.8 Å². The molecule has 3 rings (SSSR count). The fourth-order valence-corrected chi connectivity index (χ4v) is 2.98. The minimum absolute atomic E-state index is 0.0782. The molecular formula is C18H19N5O3S. The van der Waals surface area contributed by atoms with Crippen molar-refractivity contribution in [2.75, 3.05) is 13.2 Å². The van der Waals surface area contributed by atoms with Crippen LogP contribution in [0.4, 0.5) is 0 Å². The van der Waals surface area contributed by atoms with E-state index in [2.05, 4.69) is 20.5 Å². The van der Waals surface area contributed by atoms with Gasteiger partial charge in [0.05, 0.1) is 17.7 Å². The Balaban J connectivity index is 1.42. The number of nitrogens with zero attached hydrogens (tertiary/aromatic N) is 4. The molecule has 0 saturated heterocycles. The lowest BCUT2D eigenvalue weighted by atomic mass is 10.3. The summed E-state index contributed by atoms with van der Waals surface area (Å²) in [5, 5.41) is 12.8. The van der Waals surface area contributed by atoms with Crippen molar-refractivity contribution in [1.82, 2.24) is 25.1 Å². The van der Waals surface area contributed by atoms with Crippen LogP contribution >= 0.6 is 11.3 Å². The van der Waals surface area contributed by atoms with E-state index in [1.54, 1.807) is 17.4 Å². The van der Waals surface area contributed by atoms with Crippen LogP contribution in [0.25, 0.3) is 10.6 Å². The number of aromatic nitrogens is 4. The smallest absolute Gasteiger partial charge is 0.253 e. The van der Waals surface area contributed by atoms with Gasteiger partial charge in [-0.3, -0.25) is 14.2 Å². The van der Waals surface area contributed by atoms with Crippen LogP contribution in [0.15, 0.2) is 46.8 Å². The Morgan fingerprint density at radius 2 is 2.19 bits per heavy atom. The van der Waals surface area contributed by atoms with Crippen molar-refractivity contribution in [2.45, 2.75) is 19.9 Å². The van der Waals surface area contributed by atoms with Crippen molar-refractivity contribution in [3.8, 4) is 16.5 Å². The lowest BCUT2D eigenvalue weighted by molar-refractivity contribution is -0.121. The van der Waals surface area contributed by atoms with Crippen molar-refractivity contribution in [1.29, 1.82) is 0 Å². The first-order valence-corrected chi connectivity index (χ1v) is 9.36. The summed E-state index contributed by atoms with van der Waals surface area (Å²) in [6, 6.07) is 8.95. The van der Waals surface area contributed by atoms with E-state index in [0.29, 0.717) is 24.5 Å². The van der Waals surface area contributed by atoms with Crippen LogP contribution in [0.2, 0.25) is 0 Å². The Kier molecular flexibility index (Phi) is 6.26. The summed E-state index contributed by atoms with van der Waals surface area (Å²) >= 11 is 1.59. The van der Waals surface area contributed by atoms with Gasteiger partial charge in [0.15, 0.2) is 0 Å². The predicted octanol–water partition coefficient (Wildman–Crippen LogP) is 1.52. The number of hydrogen-bond acceptors (Lipinski definition) is 7. The summed E-state index contributed by atoms with van der Waals surface area (Å²) in [5.41, 5.74) is 1.25. The Labute approximate surface area is 159 Å². The molecule has 27 heavy (non-hydrogen) atoms. The minimum atomic E-state index is -0.286. The zero-order chi connectivity index (χ0) is 19.1. The number of ether oxygens (including phenoxy) is 1. The number of carbonyl (C=O) groups is 1. The van der Waals surface area contributed by atoms with Crippen LogP contribution in [-0.4, -0.2) is 38.8 Å². The van der Waals surface area contributed by atoms with Crippen molar-refractivity contribution in [3.63, 3.8) is 0 Å². The fraction of sp³-hybridized carbons (Fsp3) is 0.278. The average molecular weight is 385 g/mol. The highest BCUT2D eigenvalue weighted by Gasteiger charge is 2.06. The lowest BCUT2D eigenvalue weighted by Crippen LogP contribution is -2.34. The molecule has 140 valence electrons. The first-order chi connectivity index (χ1) is 13.2. The highest BCUT2D eigenvalue weighted by Crippen LogP contribution is 2.22. The molecule has 3 heterocycles. The molecule has 0 atom stereocenters. The van der Waals surface area contributed by atoms with Gasteiger partial charge in [-0.05, 0) is 23.9 Å². The zero-order valence-corrected chi connectivity index (χ0v) is 15.6. The molecule has 0 fully saturated rings. The fourth-order valence-electron chi connectivity index (χ4n) is 2.28. The summed E-state index contributed by atoms with van der Waals surface area (Å²) in [4.78, 5) is 28.9.